The second-order valence-electron chi connectivity index (χ2n) is 6.78. The summed E-state index contributed by atoms with van der Waals surface area (Å²) in [7, 11) is 0. The maximum Gasteiger partial charge on any atom is 0.307 e. The van der Waals surface area contributed by atoms with E-state index in [9.17, 15) is 14.4 Å². The Bertz CT molecular complexity index is 1020. The summed E-state index contributed by atoms with van der Waals surface area (Å²) in [5, 5.41) is 0. The number of rotatable bonds is 6. The number of carbonyl (C=O) groups excluding carboxylic acids is 3. The second-order valence-corrected chi connectivity index (χ2v) is 6.78. The minimum absolute atomic E-state index is 0.0120. The van der Waals surface area contributed by atoms with Crippen LogP contribution in [-0.2, 0) is 16.1 Å². The molecule has 3 aromatic rings. The zero-order valence-electron chi connectivity index (χ0n) is 15.7. The lowest BCUT2D eigenvalue weighted by Gasteiger charge is -2.13. The lowest BCUT2D eigenvalue weighted by Crippen LogP contribution is -2.32. The molecule has 0 N–H and O–H groups in total. The third-order valence-electron chi connectivity index (χ3n) is 4.88. The van der Waals surface area contributed by atoms with E-state index in [1.54, 1.807) is 24.3 Å². The molecule has 29 heavy (non-hydrogen) atoms. The molecule has 1 aliphatic heterocycles. The lowest BCUT2D eigenvalue weighted by atomic mass is 10.0. The predicted molar refractivity (Wildman–Crippen MR) is 108 cm³/mol. The van der Waals surface area contributed by atoms with Crippen LogP contribution in [0.5, 0.6) is 0 Å². The highest BCUT2D eigenvalue weighted by molar-refractivity contribution is 6.21. The van der Waals surface area contributed by atoms with Crippen molar-refractivity contribution in [2.24, 2.45) is 0 Å². The van der Waals surface area contributed by atoms with E-state index in [0.717, 1.165) is 21.6 Å². The van der Waals surface area contributed by atoms with E-state index in [1.165, 1.54) is 0 Å². The molecule has 0 aliphatic carbocycles. The van der Waals surface area contributed by atoms with Crippen molar-refractivity contribution < 1.29 is 19.1 Å². The van der Waals surface area contributed by atoms with Crippen molar-refractivity contribution in [3.05, 3.63) is 95.6 Å². The normalized spacial score (nSPS) is 12.8. The number of amides is 2. The smallest absolute Gasteiger partial charge is 0.307 e. The van der Waals surface area contributed by atoms with Crippen LogP contribution < -0.4 is 0 Å². The molecule has 3 aromatic carbocycles. The summed E-state index contributed by atoms with van der Waals surface area (Å²) < 4.78 is 5.29. The summed E-state index contributed by atoms with van der Waals surface area (Å²) in [6.45, 7) is 0.161. The van der Waals surface area contributed by atoms with Crippen LogP contribution in [-0.4, -0.2) is 29.2 Å². The van der Waals surface area contributed by atoms with Gasteiger partial charge in [-0.25, -0.2) is 0 Å². The van der Waals surface area contributed by atoms with Gasteiger partial charge in [-0.1, -0.05) is 66.7 Å². The van der Waals surface area contributed by atoms with E-state index in [-0.39, 0.29) is 31.4 Å². The number of esters is 1. The first-order valence-corrected chi connectivity index (χ1v) is 9.39. The monoisotopic (exact) mass is 385 g/mol. The molecule has 0 atom stereocenters. The van der Waals surface area contributed by atoms with Crippen molar-refractivity contribution in [1.29, 1.82) is 0 Å². The highest BCUT2D eigenvalue weighted by Gasteiger charge is 2.35. The predicted octanol–water partition coefficient (Wildman–Crippen LogP) is 4.08. The van der Waals surface area contributed by atoms with Gasteiger partial charge in [0.25, 0.3) is 11.8 Å². The van der Waals surface area contributed by atoms with E-state index < -0.39 is 5.97 Å². The van der Waals surface area contributed by atoms with Crippen molar-refractivity contribution in [2.45, 2.75) is 13.0 Å². The van der Waals surface area contributed by atoms with Gasteiger partial charge >= 0.3 is 5.97 Å². The third kappa shape index (κ3) is 3.94. The molecular formula is C24H19NO4. The van der Waals surface area contributed by atoms with Crippen molar-refractivity contribution in [1.82, 2.24) is 4.90 Å². The second kappa shape index (κ2) is 8.10. The van der Waals surface area contributed by atoms with Gasteiger partial charge in [-0.15, -0.1) is 0 Å². The number of benzene rings is 3. The fourth-order valence-electron chi connectivity index (χ4n) is 3.31. The molecule has 0 saturated heterocycles. The van der Waals surface area contributed by atoms with Gasteiger partial charge in [0, 0.05) is 6.54 Å². The number of hydrogen-bond acceptors (Lipinski definition) is 4. The van der Waals surface area contributed by atoms with E-state index in [0.29, 0.717) is 11.1 Å². The average molecular weight is 385 g/mol. The Balaban J connectivity index is 1.29. The summed E-state index contributed by atoms with van der Waals surface area (Å²) in [4.78, 5) is 37.8. The van der Waals surface area contributed by atoms with Crippen molar-refractivity contribution in [3.63, 3.8) is 0 Å². The summed E-state index contributed by atoms with van der Waals surface area (Å²) in [5.74, 6) is -1.18. The average Bonchev–Trinajstić information content (AvgIpc) is 3.02. The van der Waals surface area contributed by atoms with Gasteiger partial charge in [0.05, 0.1) is 17.5 Å². The molecule has 0 bridgehead atoms. The number of carbonyl (C=O) groups is 3. The zero-order valence-corrected chi connectivity index (χ0v) is 15.7. The van der Waals surface area contributed by atoms with Gasteiger partial charge in [-0.05, 0) is 28.8 Å². The molecule has 1 heterocycles. The summed E-state index contributed by atoms with van der Waals surface area (Å²) in [6, 6.07) is 24.5. The van der Waals surface area contributed by atoms with Gasteiger partial charge in [0.1, 0.15) is 6.61 Å². The Kier molecular flexibility index (Phi) is 5.20. The molecule has 0 fully saturated rings. The Morgan fingerprint density at radius 1 is 0.724 bits per heavy atom. The number of hydrogen-bond donors (Lipinski definition) is 0. The van der Waals surface area contributed by atoms with Crippen molar-refractivity contribution >= 4 is 17.8 Å². The quantitative estimate of drug-likeness (QED) is 0.474. The highest BCUT2D eigenvalue weighted by atomic mass is 16.5. The first-order valence-electron chi connectivity index (χ1n) is 9.39. The molecule has 2 amide bonds. The van der Waals surface area contributed by atoms with Crippen LogP contribution >= 0.6 is 0 Å². The summed E-state index contributed by atoms with van der Waals surface area (Å²) >= 11 is 0. The molecule has 1 aliphatic rings. The van der Waals surface area contributed by atoms with Crippen LogP contribution in [0.3, 0.4) is 0 Å². The number of ether oxygens (including phenoxy) is 1. The summed E-state index contributed by atoms with van der Waals surface area (Å²) in [6.07, 6.45) is -0.0342. The van der Waals surface area contributed by atoms with E-state index in [4.69, 9.17) is 4.74 Å². The Hall–Kier alpha value is -3.73. The standard InChI is InChI=1S/C24H19NO4/c26-22(14-15-25-23(27)20-8-4-5-9-21(20)24(25)28)29-16-17-10-12-19(13-11-17)18-6-2-1-3-7-18/h1-13H,14-16H2. The molecule has 5 heteroatoms. The molecule has 0 saturated carbocycles. The van der Waals surface area contributed by atoms with Crippen molar-refractivity contribution in [2.75, 3.05) is 6.54 Å². The fraction of sp³-hybridized carbons (Fsp3) is 0.125. The first-order chi connectivity index (χ1) is 14.1. The first kappa shape index (κ1) is 18.6. The lowest BCUT2D eigenvalue weighted by molar-refractivity contribution is -0.145. The highest BCUT2D eigenvalue weighted by Crippen LogP contribution is 2.23. The Morgan fingerprint density at radius 2 is 1.28 bits per heavy atom. The summed E-state index contributed by atoms with van der Waals surface area (Å²) in [5.41, 5.74) is 3.84. The van der Waals surface area contributed by atoms with Crippen LogP contribution in [0, 0.1) is 0 Å². The SMILES string of the molecule is O=C(CCN1C(=O)c2ccccc2C1=O)OCc1ccc(-c2ccccc2)cc1. The minimum atomic E-state index is -0.450. The van der Waals surface area contributed by atoms with Crippen LogP contribution in [0.25, 0.3) is 11.1 Å². The maximum absolute atomic E-state index is 12.3. The van der Waals surface area contributed by atoms with E-state index in [1.807, 2.05) is 54.6 Å². The Labute approximate surface area is 168 Å². The van der Waals surface area contributed by atoms with Gasteiger partial charge in [0.2, 0.25) is 0 Å². The molecule has 0 unspecified atom stereocenters. The van der Waals surface area contributed by atoms with Gasteiger partial charge < -0.3 is 4.74 Å². The van der Waals surface area contributed by atoms with Crippen LogP contribution in [0.2, 0.25) is 0 Å². The minimum Gasteiger partial charge on any atom is -0.461 e. The van der Waals surface area contributed by atoms with Crippen LogP contribution in [0.4, 0.5) is 0 Å². The molecule has 0 aromatic heterocycles. The van der Waals surface area contributed by atoms with Crippen LogP contribution in [0.1, 0.15) is 32.7 Å². The largest absolute Gasteiger partial charge is 0.461 e. The molecule has 0 spiro atoms. The van der Waals surface area contributed by atoms with Gasteiger partial charge in [0.15, 0.2) is 0 Å². The van der Waals surface area contributed by atoms with Crippen LogP contribution in [0.15, 0.2) is 78.9 Å². The third-order valence-corrected chi connectivity index (χ3v) is 4.88. The zero-order chi connectivity index (χ0) is 20.2. The topological polar surface area (TPSA) is 63.7 Å². The number of nitrogens with zero attached hydrogens (tertiary/aromatic N) is 1. The van der Waals surface area contributed by atoms with Crippen molar-refractivity contribution in [3.8, 4) is 11.1 Å². The molecule has 144 valence electrons. The fourth-order valence-corrected chi connectivity index (χ4v) is 3.31. The van der Waals surface area contributed by atoms with Gasteiger partial charge in [-0.2, -0.15) is 0 Å². The van der Waals surface area contributed by atoms with E-state index >= 15 is 0 Å². The molecule has 0 radical (unpaired) electrons. The molecule has 5 nitrogen and oxygen atoms in total. The number of fused-ring (bicyclic) bond motifs is 1. The van der Waals surface area contributed by atoms with Gasteiger partial charge in [-0.3, -0.25) is 19.3 Å². The number of imide groups is 1. The maximum atomic E-state index is 12.3. The molecular weight excluding hydrogens is 366 g/mol. The Morgan fingerprint density at radius 3 is 1.90 bits per heavy atom. The van der Waals surface area contributed by atoms with E-state index in [2.05, 4.69) is 0 Å². The molecule has 4 rings (SSSR count).